The molecule has 0 N–H and O–H groups in total. The van der Waals surface area contributed by atoms with E-state index in [2.05, 4.69) is 65.8 Å². The molecule has 0 spiro atoms. The maximum absolute atomic E-state index is 6.60. The quantitative estimate of drug-likeness (QED) is 0.0342. The lowest BCUT2D eigenvalue weighted by Crippen LogP contribution is -2.25. The summed E-state index contributed by atoms with van der Waals surface area (Å²) in [4.78, 5) is 0. The van der Waals surface area contributed by atoms with Crippen molar-refractivity contribution in [3.63, 3.8) is 0 Å². The molecule has 0 aliphatic carbocycles. The first kappa shape index (κ1) is 62.2. The zero-order valence-electron chi connectivity index (χ0n) is 43.2. The highest BCUT2D eigenvalue weighted by Gasteiger charge is 2.14. The van der Waals surface area contributed by atoms with Crippen molar-refractivity contribution in [2.24, 2.45) is 0 Å². The lowest BCUT2D eigenvalue weighted by Gasteiger charge is -2.22. The molecule has 63 heavy (non-hydrogen) atoms. The number of hydrogen-bond donors (Lipinski definition) is 0. The lowest BCUT2D eigenvalue weighted by molar-refractivity contribution is -0.208. The third-order valence-electron chi connectivity index (χ3n) is 11.6. The fourth-order valence-corrected chi connectivity index (χ4v) is 7.69. The van der Waals surface area contributed by atoms with E-state index in [0.717, 1.165) is 104 Å². The van der Waals surface area contributed by atoms with Crippen LogP contribution >= 0.6 is 0 Å². The molecule has 0 aromatic rings. The van der Waals surface area contributed by atoms with E-state index in [1.807, 2.05) is 0 Å². The number of unbranched alkanes of at least 4 members (excludes halogenated alkanes) is 26. The number of ether oxygens (including phenoxy) is 7. The van der Waals surface area contributed by atoms with Gasteiger partial charge in [0.05, 0.1) is 13.2 Å². The number of allylic oxidation sites excluding steroid dienone is 2. The summed E-state index contributed by atoms with van der Waals surface area (Å²) in [5.41, 5.74) is 0. The monoisotopic (exact) mass is 895 g/mol. The molecule has 2 unspecified atom stereocenters. The smallest absolute Gasteiger partial charge is 0.180 e. The molecule has 0 saturated heterocycles. The maximum Gasteiger partial charge on any atom is 0.180 e. The lowest BCUT2D eigenvalue weighted by atomic mass is 10.1. The third kappa shape index (κ3) is 47.5. The Bertz CT molecular complexity index is 811. The van der Waals surface area contributed by atoms with E-state index in [4.69, 9.17) is 33.2 Å². The van der Waals surface area contributed by atoms with E-state index >= 15 is 0 Å². The molecule has 0 fully saturated rings. The van der Waals surface area contributed by atoms with Crippen molar-refractivity contribution >= 4 is 0 Å². The van der Waals surface area contributed by atoms with E-state index in [0.29, 0.717) is 0 Å². The van der Waals surface area contributed by atoms with Gasteiger partial charge in [-0.15, -0.1) is 0 Å². The normalized spacial score (nSPS) is 13.2. The van der Waals surface area contributed by atoms with Crippen LogP contribution in [0.1, 0.15) is 273 Å². The van der Waals surface area contributed by atoms with Gasteiger partial charge in [0.2, 0.25) is 0 Å². The van der Waals surface area contributed by atoms with Gasteiger partial charge < -0.3 is 33.2 Å². The molecule has 0 saturated carbocycles. The van der Waals surface area contributed by atoms with Crippen molar-refractivity contribution in [3.8, 4) is 0 Å². The van der Waals surface area contributed by atoms with E-state index in [1.54, 1.807) is 0 Å². The van der Waals surface area contributed by atoms with Gasteiger partial charge in [0, 0.05) is 26.4 Å². The van der Waals surface area contributed by atoms with E-state index in [9.17, 15) is 0 Å². The van der Waals surface area contributed by atoms with Crippen LogP contribution in [0.4, 0.5) is 0 Å². The summed E-state index contributed by atoms with van der Waals surface area (Å²) in [5.74, 6) is 0. The molecule has 2 atom stereocenters. The van der Waals surface area contributed by atoms with Crippen LogP contribution in [0.5, 0.6) is 0 Å². The minimum Gasteiger partial charge on any atom is -0.353 e. The van der Waals surface area contributed by atoms with Gasteiger partial charge in [-0.25, -0.2) is 0 Å². The Morgan fingerprint density at radius 2 is 0.556 bits per heavy atom. The van der Waals surface area contributed by atoms with Crippen molar-refractivity contribution < 1.29 is 33.2 Å². The van der Waals surface area contributed by atoms with Crippen LogP contribution in [0.2, 0.25) is 0 Å². The summed E-state index contributed by atoms with van der Waals surface area (Å²) in [7, 11) is 0. The second kappa shape index (κ2) is 53.8. The van der Waals surface area contributed by atoms with Crippen LogP contribution in [0, 0.1) is 0 Å². The van der Waals surface area contributed by atoms with Crippen molar-refractivity contribution in [1.29, 1.82) is 0 Å². The third-order valence-corrected chi connectivity index (χ3v) is 11.6. The molecule has 0 bridgehead atoms. The average Bonchev–Trinajstić information content (AvgIpc) is 3.29. The first-order valence-electron chi connectivity index (χ1n) is 27.8. The number of hydrogen-bond acceptors (Lipinski definition) is 7. The fraction of sp³-hybridized carbons (Fsp3) is 0.929. The van der Waals surface area contributed by atoms with Gasteiger partial charge >= 0.3 is 0 Å². The Kier molecular flexibility index (Phi) is 53.1. The zero-order chi connectivity index (χ0) is 45.8. The molecule has 376 valence electrons. The topological polar surface area (TPSA) is 64.6 Å². The molecule has 0 aliphatic rings. The molecule has 0 radical (unpaired) electrons. The molecule has 0 aromatic carbocycles. The predicted octanol–water partition coefficient (Wildman–Crippen LogP) is 17.7. The largest absolute Gasteiger partial charge is 0.353 e. The highest BCUT2D eigenvalue weighted by molar-refractivity contribution is 4.90. The minimum atomic E-state index is -0.382. The Morgan fingerprint density at radius 3 is 0.873 bits per heavy atom. The Morgan fingerprint density at radius 1 is 0.270 bits per heavy atom. The van der Waals surface area contributed by atoms with Gasteiger partial charge in [0.25, 0.3) is 0 Å². The van der Waals surface area contributed by atoms with Crippen molar-refractivity contribution in [1.82, 2.24) is 0 Å². The Balaban J connectivity index is 4.96. The van der Waals surface area contributed by atoms with Gasteiger partial charge in [-0.3, -0.25) is 0 Å². The van der Waals surface area contributed by atoms with Gasteiger partial charge in [0.15, 0.2) is 25.2 Å². The van der Waals surface area contributed by atoms with Crippen molar-refractivity contribution in [2.45, 2.75) is 298 Å². The SMILES string of the molecule is CCCCCCCCCOC(C=CCCCCCCCCCC(OCCC)OCCC)OC(C=CCCCCCCCCCC(OCCC)OCCC)OCCCCCCCCC. The number of rotatable bonds is 54. The van der Waals surface area contributed by atoms with Crippen molar-refractivity contribution in [3.05, 3.63) is 24.3 Å². The highest BCUT2D eigenvalue weighted by Crippen LogP contribution is 2.17. The van der Waals surface area contributed by atoms with Crippen LogP contribution in [-0.2, 0) is 33.2 Å². The molecule has 0 rings (SSSR count). The first-order valence-corrected chi connectivity index (χ1v) is 27.8. The molecular weight excluding hydrogens is 785 g/mol. The minimum absolute atomic E-state index is 0.0191. The van der Waals surface area contributed by atoms with Crippen LogP contribution in [0.15, 0.2) is 24.3 Å². The van der Waals surface area contributed by atoms with Gasteiger partial charge in [-0.05, 0) is 102 Å². The molecule has 0 aliphatic heterocycles. The van der Waals surface area contributed by atoms with Gasteiger partial charge in [-0.1, -0.05) is 195 Å². The second-order valence-electron chi connectivity index (χ2n) is 18.2. The zero-order valence-corrected chi connectivity index (χ0v) is 43.2. The summed E-state index contributed by atoms with van der Waals surface area (Å²) in [6.45, 7) is 17.8. The van der Waals surface area contributed by atoms with E-state index in [1.165, 1.54) is 167 Å². The predicted molar refractivity (Wildman–Crippen MR) is 270 cm³/mol. The first-order chi connectivity index (χ1) is 31.1. The molecule has 7 heteroatoms. The average molecular weight is 895 g/mol. The molecule has 0 amide bonds. The summed E-state index contributed by atoms with van der Waals surface area (Å²) >= 11 is 0. The molecule has 0 heterocycles. The Hall–Kier alpha value is -0.800. The molecule has 0 aromatic heterocycles. The fourth-order valence-electron chi connectivity index (χ4n) is 7.69. The van der Waals surface area contributed by atoms with Crippen LogP contribution in [-0.4, -0.2) is 64.8 Å². The summed E-state index contributed by atoms with van der Waals surface area (Å²) in [5, 5.41) is 0. The summed E-state index contributed by atoms with van der Waals surface area (Å²) in [6.07, 6.45) is 52.0. The van der Waals surface area contributed by atoms with Gasteiger partial charge in [0.1, 0.15) is 0 Å². The second-order valence-corrected chi connectivity index (χ2v) is 18.2. The summed E-state index contributed by atoms with van der Waals surface area (Å²) in [6, 6.07) is 0. The van der Waals surface area contributed by atoms with Crippen LogP contribution < -0.4 is 0 Å². The Labute approximate surface area is 393 Å². The standard InChI is InChI=1S/C56H110O7/c1-7-13-15-17-29-35-41-51-61-55(45-39-33-27-23-19-21-25-31-37-43-53(57-47-9-3)58-48-10-4)63-56(62-52-42-36-30-18-16-14-8-2)46-40-34-28-24-20-22-26-32-38-44-54(59-49-11-5)60-50-12-6/h39-40,45-46,53-56H,7-38,41-44,47-52H2,1-6H3. The van der Waals surface area contributed by atoms with E-state index in [-0.39, 0.29) is 25.2 Å². The summed E-state index contributed by atoms with van der Waals surface area (Å²) < 4.78 is 43.0. The van der Waals surface area contributed by atoms with Crippen LogP contribution in [0.3, 0.4) is 0 Å². The molecule has 7 nitrogen and oxygen atoms in total. The van der Waals surface area contributed by atoms with Gasteiger partial charge in [-0.2, -0.15) is 0 Å². The van der Waals surface area contributed by atoms with Crippen LogP contribution in [0.25, 0.3) is 0 Å². The van der Waals surface area contributed by atoms with Crippen molar-refractivity contribution in [2.75, 3.05) is 39.6 Å². The highest BCUT2D eigenvalue weighted by atomic mass is 16.8. The van der Waals surface area contributed by atoms with E-state index < -0.39 is 0 Å². The molecular formula is C56H110O7. The maximum atomic E-state index is 6.60.